The second kappa shape index (κ2) is 7.26. The van der Waals surface area contributed by atoms with Crippen LogP contribution in [0.1, 0.15) is 41.6 Å². The summed E-state index contributed by atoms with van der Waals surface area (Å²) in [5, 5.41) is 18.2. The Morgan fingerprint density at radius 3 is 2.73 bits per heavy atom. The van der Waals surface area contributed by atoms with E-state index in [1.165, 1.54) is 7.11 Å². The van der Waals surface area contributed by atoms with Gasteiger partial charge >= 0.3 is 11.9 Å². The number of likely N-dealkylation sites (tertiary alicyclic amines) is 1. The molecular weight excluding hydrogens is 286 g/mol. The van der Waals surface area contributed by atoms with Crippen LogP contribution in [0.3, 0.4) is 0 Å². The Morgan fingerprint density at radius 1 is 1.32 bits per heavy atom. The van der Waals surface area contributed by atoms with E-state index in [0.29, 0.717) is 12.3 Å². The third-order valence-corrected chi connectivity index (χ3v) is 4.04. The standard InChI is InChI=1S/C16H21NO5/c1-22-14-6-5-11(8-13(14)16(20)21)10-17-7-3-2-4-12(17)9-15(18)19/h5-6,8,12H,2-4,7,9-10H2,1H3,(H,18,19)(H,20,21). The first-order chi connectivity index (χ1) is 10.5. The highest BCUT2D eigenvalue weighted by Gasteiger charge is 2.25. The lowest BCUT2D eigenvalue weighted by Crippen LogP contribution is -2.40. The number of carboxylic acid groups (broad SMARTS) is 2. The minimum Gasteiger partial charge on any atom is -0.496 e. The Labute approximate surface area is 129 Å². The summed E-state index contributed by atoms with van der Waals surface area (Å²) in [6.07, 6.45) is 3.08. The highest BCUT2D eigenvalue weighted by Crippen LogP contribution is 2.25. The lowest BCUT2D eigenvalue weighted by Gasteiger charge is -2.35. The molecule has 1 aliphatic heterocycles. The van der Waals surface area contributed by atoms with Crippen molar-refractivity contribution < 1.29 is 24.5 Å². The second-order valence-electron chi connectivity index (χ2n) is 5.56. The lowest BCUT2D eigenvalue weighted by atomic mass is 9.98. The zero-order chi connectivity index (χ0) is 16.1. The molecule has 1 atom stereocenters. The predicted molar refractivity (Wildman–Crippen MR) is 80.3 cm³/mol. The Bertz CT molecular complexity index is 557. The normalized spacial score (nSPS) is 18.9. The molecule has 2 N–H and O–H groups in total. The number of benzene rings is 1. The van der Waals surface area contributed by atoms with E-state index in [1.807, 2.05) is 6.07 Å². The first-order valence-electron chi connectivity index (χ1n) is 7.37. The van der Waals surface area contributed by atoms with E-state index in [2.05, 4.69) is 4.90 Å². The van der Waals surface area contributed by atoms with Gasteiger partial charge in [0, 0.05) is 12.6 Å². The van der Waals surface area contributed by atoms with Gasteiger partial charge in [-0.05, 0) is 37.1 Å². The summed E-state index contributed by atoms with van der Waals surface area (Å²) in [6.45, 7) is 1.40. The zero-order valence-electron chi connectivity index (χ0n) is 12.6. The third-order valence-electron chi connectivity index (χ3n) is 4.04. The lowest BCUT2D eigenvalue weighted by molar-refractivity contribution is -0.138. The minimum absolute atomic E-state index is 0.0154. The molecule has 22 heavy (non-hydrogen) atoms. The van der Waals surface area contributed by atoms with Crippen LogP contribution in [0.5, 0.6) is 5.75 Å². The molecule has 1 heterocycles. The number of piperidine rings is 1. The number of aromatic carboxylic acids is 1. The number of hydrogen-bond donors (Lipinski definition) is 2. The van der Waals surface area contributed by atoms with Crippen molar-refractivity contribution in [3.05, 3.63) is 29.3 Å². The number of hydrogen-bond acceptors (Lipinski definition) is 4. The van der Waals surface area contributed by atoms with Gasteiger partial charge in [-0.15, -0.1) is 0 Å². The molecule has 0 radical (unpaired) electrons. The maximum Gasteiger partial charge on any atom is 0.339 e. The number of aliphatic carboxylic acids is 1. The highest BCUT2D eigenvalue weighted by molar-refractivity contribution is 5.91. The van der Waals surface area contributed by atoms with Gasteiger partial charge in [0.05, 0.1) is 13.5 Å². The van der Waals surface area contributed by atoms with E-state index >= 15 is 0 Å². The van der Waals surface area contributed by atoms with Crippen molar-refractivity contribution in [1.82, 2.24) is 4.90 Å². The molecule has 0 saturated carbocycles. The maximum absolute atomic E-state index is 11.3. The Kier molecular flexibility index (Phi) is 5.38. The monoisotopic (exact) mass is 307 g/mol. The second-order valence-corrected chi connectivity index (χ2v) is 5.56. The van der Waals surface area contributed by atoms with Crippen LogP contribution in [0.15, 0.2) is 18.2 Å². The fourth-order valence-electron chi connectivity index (χ4n) is 2.96. The van der Waals surface area contributed by atoms with Gasteiger partial charge in [0.15, 0.2) is 0 Å². The van der Waals surface area contributed by atoms with Gasteiger partial charge in [-0.1, -0.05) is 12.5 Å². The molecule has 6 heteroatoms. The van der Waals surface area contributed by atoms with E-state index in [1.54, 1.807) is 12.1 Å². The van der Waals surface area contributed by atoms with Gasteiger partial charge < -0.3 is 14.9 Å². The van der Waals surface area contributed by atoms with E-state index < -0.39 is 11.9 Å². The van der Waals surface area contributed by atoms with Crippen LogP contribution < -0.4 is 4.74 Å². The Morgan fingerprint density at radius 2 is 2.09 bits per heavy atom. The molecule has 1 fully saturated rings. The molecule has 1 unspecified atom stereocenters. The maximum atomic E-state index is 11.3. The van der Waals surface area contributed by atoms with Crippen LogP contribution in [0.25, 0.3) is 0 Å². The van der Waals surface area contributed by atoms with Crippen molar-refractivity contribution in [2.45, 2.75) is 38.3 Å². The summed E-state index contributed by atoms with van der Waals surface area (Å²) in [6, 6.07) is 5.10. The van der Waals surface area contributed by atoms with Gasteiger partial charge in [-0.3, -0.25) is 9.69 Å². The van der Waals surface area contributed by atoms with Crippen molar-refractivity contribution >= 4 is 11.9 Å². The molecule has 0 bridgehead atoms. The average molecular weight is 307 g/mol. The summed E-state index contributed by atoms with van der Waals surface area (Å²) in [5.74, 6) is -1.49. The largest absolute Gasteiger partial charge is 0.496 e. The summed E-state index contributed by atoms with van der Waals surface area (Å²) in [4.78, 5) is 24.4. The van der Waals surface area contributed by atoms with Gasteiger partial charge in [0.2, 0.25) is 0 Å². The molecule has 1 aromatic rings. The Balaban J connectivity index is 2.16. The van der Waals surface area contributed by atoms with Gasteiger partial charge in [-0.25, -0.2) is 4.79 Å². The molecular formula is C16H21NO5. The molecule has 1 aliphatic rings. The summed E-state index contributed by atoms with van der Waals surface area (Å²) in [7, 11) is 1.44. The van der Waals surface area contributed by atoms with Crippen LogP contribution in [0.4, 0.5) is 0 Å². The molecule has 1 saturated heterocycles. The topological polar surface area (TPSA) is 87.1 Å². The average Bonchev–Trinajstić information content (AvgIpc) is 2.48. The number of carboxylic acids is 2. The van der Waals surface area contributed by atoms with Crippen LogP contribution in [-0.2, 0) is 11.3 Å². The molecule has 6 nitrogen and oxygen atoms in total. The number of nitrogens with zero attached hydrogens (tertiary/aromatic N) is 1. The molecule has 0 aromatic heterocycles. The van der Waals surface area contributed by atoms with Crippen molar-refractivity contribution in [3.8, 4) is 5.75 Å². The van der Waals surface area contributed by atoms with Crippen LogP contribution in [0, 0.1) is 0 Å². The van der Waals surface area contributed by atoms with Crippen molar-refractivity contribution in [3.63, 3.8) is 0 Å². The van der Waals surface area contributed by atoms with Gasteiger partial charge in [0.1, 0.15) is 11.3 Å². The molecule has 0 amide bonds. The van der Waals surface area contributed by atoms with Crippen molar-refractivity contribution in [2.75, 3.05) is 13.7 Å². The smallest absolute Gasteiger partial charge is 0.339 e. The number of methoxy groups -OCH3 is 1. The number of ether oxygens (including phenoxy) is 1. The molecule has 120 valence electrons. The van der Waals surface area contributed by atoms with Gasteiger partial charge in [-0.2, -0.15) is 0 Å². The van der Waals surface area contributed by atoms with Crippen LogP contribution in [-0.4, -0.2) is 46.7 Å². The SMILES string of the molecule is COc1ccc(CN2CCCCC2CC(=O)O)cc1C(=O)O. The third kappa shape index (κ3) is 3.98. The van der Waals surface area contributed by atoms with E-state index in [4.69, 9.17) is 9.84 Å². The first-order valence-corrected chi connectivity index (χ1v) is 7.37. The predicted octanol–water partition coefficient (Wildman–Crippen LogP) is 2.22. The van der Waals surface area contributed by atoms with Crippen molar-refractivity contribution in [1.29, 1.82) is 0 Å². The Hall–Kier alpha value is -2.08. The summed E-state index contributed by atoms with van der Waals surface area (Å²) in [5.41, 5.74) is 0.988. The van der Waals surface area contributed by atoms with E-state index in [0.717, 1.165) is 31.4 Å². The summed E-state index contributed by atoms with van der Waals surface area (Å²) < 4.78 is 5.05. The first kappa shape index (κ1) is 16.3. The molecule has 1 aromatic carbocycles. The number of carbonyl (C=O) groups is 2. The minimum atomic E-state index is -1.03. The van der Waals surface area contributed by atoms with Crippen LogP contribution >= 0.6 is 0 Å². The van der Waals surface area contributed by atoms with Gasteiger partial charge in [0.25, 0.3) is 0 Å². The van der Waals surface area contributed by atoms with Crippen molar-refractivity contribution in [2.24, 2.45) is 0 Å². The summed E-state index contributed by atoms with van der Waals surface area (Å²) >= 11 is 0. The number of rotatable bonds is 6. The molecule has 0 spiro atoms. The van der Waals surface area contributed by atoms with E-state index in [9.17, 15) is 14.7 Å². The fraction of sp³-hybridized carbons (Fsp3) is 0.500. The zero-order valence-corrected chi connectivity index (χ0v) is 12.6. The fourth-order valence-corrected chi connectivity index (χ4v) is 2.96. The molecule has 2 rings (SSSR count). The van der Waals surface area contributed by atoms with E-state index in [-0.39, 0.29) is 18.0 Å². The quantitative estimate of drug-likeness (QED) is 0.838. The highest BCUT2D eigenvalue weighted by atomic mass is 16.5. The molecule has 0 aliphatic carbocycles. The van der Waals surface area contributed by atoms with Crippen LogP contribution in [0.2, 0.25) is 0 Å².